The van der Waals surface area contributed by atoms with Gasteiger partial charge >= 0.3 is 0 Å². The highest BCUT2D eigenvalue weighted by Crippen LogP contribution is 2.59. The van der Waals surface area contributed by atoms with Crippen LogP contribution in [0.5, 0.6) is 0 Å². The lowest BCUT2D eigenvalue weighted by atomic mass is 10.1. The highest BCUT2D eigenvalue weighted by molar-refractivity contribution is 7.73. The maximum Gasteiger partial charge on any atom is -0.0158 e. The lowest BCUT2D eigenvalue weighted by Crippen LogP contribution is -2.28. The number of rotatable bonds is 5. The number of benzene rings is 1. The van der Waals surface area contributed by atoms with E-state index in [2.05, 4.69) is 45.0 Å². The van der Waals surface area contributed by atoms with Gasteiger partial charge in [0.05, 0.1) is 0 Å². The fourth-order valence-corrected chi connectivity index (χ4v) is 12.1. The van der Waals surface area contributed by atoms with Crippen LogP contribution in [-0.4, -0.2) is 23.1 Å². The molecule has 2 heteroatoms. The lowest BCUT2D eigenvalue weighted by molar-refractivity contribution is 0.696. The summed E-state index contributed by atoms with van der Waals surface area (Å²) >= 11 is 0. The van der Waals surface area contributed by atoms with Crippen LogP contribution in [0.25, 0.3) is 0 Å². The normalized spacial score (nSPS) is 35.1. The van der Waals surface area contributed by atoms with Crippen LogP contribution in [0.4, 0.5) is 0 Å². The van der Waals surface area contributed by atoms with Crippen molar-refractivity contribution in [3.63, 3.8) is 0 Å². The average Bonchev–Trinajstić information content (AvgIpc) is 3.20. The SMILES string of the molecule is CCC1CCCP1c1ccccc1P1C(CC)CCC1CC. The zero-order chi connectivity index (χ0) is 15.5. The van der Waals surface area contributed by atoms with Crippen LogP contribution >= 0.6 is 15.8 Å². The Balaban J connectivity index is 1.96. The molecule has 3 rings (SSSR count). The second-order valence-corrected chi connectivity index (χ2v) is 12.4. The second-order valence-electron chi connectivity index (χ2n) is 7.00. The van der Waals surface area contributed by atoms with Gasteiger partial charge in [-0.1, -0.05) is 60.9 Å². The molecule has 0 aromatic heterocycles. The van der Waals surface area contributed by atoms with Gasteiger partial charge in [0.2, 0.25) is 0 Å². The van der Waals surface area contributed by atoms with E-state index in [-0.39, 0.29) is 15.8 Å². The molecular formula is C20H32P2. The van der Waals surface area contributed by atoms with Crippen LogP contribution in [0, 0.1) is 0 Å². The van der Waals surface area contributed by atoms with E-state index in [1.165, 1.54) is 51.1 Å². The van der Waals surface area contributed by atoms with Crippen molar-refractivity contribution in [2.45, 2.75) is 82.7 Å². The largest absolute Gasteiger partial charge is 0.0715 e. The van der Waals surface area contributed by atoms with Crippen molar-refractivity contribution < 1.29 is 0 Å². The zero-order valence-corrected chi connectivity index (χ0v) is 16.4. The Morgan fingerprint density at radius 2 is 1.41 bits per heavy atom. The molecule has 2 aliphatic heterocycles. The predicted octanol–water partition coefficient (Wildman–Crippen LogP) is 5.82. The summed E-state index contributed by atoms with van der Waals surface area (Å²) in [5, 5.41) is 3.66. The summed E-state index contributed by atoms with van der Waals surface area (Å²) in [4.78, 5) is 0. The molecule has 2 fully saturated rings. The first kappa shape index (κ1) is 16.9. The van der Waals surface area contributed by atoms with Gasteiger partial charge in [0, 0.05) is 0 Å². The fourth-order valence-electron chi connectivity index (χ4n) is 4.66. The molecule has 0 aliphatic carbocycles. The monoisotopic (exact) mass is 334 g/mol. The summed E-state index contributed by atoms with van der Waals surface area (Å²) in [7, 11) is 0.215. The summed E-state index contributed by atoms with van der Waals surface area (Å²) in [5.41, 5.74) is 3.01. The van der Waals surface area contributed by atoms with Crippen LogP contribution in [0.15, 0.2) is 24.3 Å². The van der Waals surface area contributed by atoms with Crippen LogP contribution in [0.2, 0.25) is 0 Å². The standard InChI is InChI=1S/C20H32P2/c1-4-16-10-9-15-21(16)19-11-7-8-12-20(19)22-17(5-2)13-14-18(22)6-3/h7-8,11-12,16-18H,4-6,9-10,13-15H2,1-3H3. The van der Waals surface area contributed by atoms with E-state index in [9.17, 15) is 0 Å². The highest BCUT2D eigenvalue weighted by Gasteiger charge is 2.37. The van der Waals surface area contributed by atoms with E-state index < -0.39 is 0 Å². The maximum absolute atomic E-state index is 2.53. The van der Waals surface area contributed by atoms with Gasteiger partial charge in [0.1, 0.15) is 0 Å². The van der Waals surface area contributed by atoms with Gasteiger partial charge in [-0.15, -0.1) is 0 Å². The van der Waals surface area contributed by atoms with Gasteiger partial charge in [-0.05, 0) is 78.7 Å². The van der Waals surface area contributed by atoms with E-state index in [0.29, 0.717) is 0 Å². The Kier molecular flexibility index (Phi) is 5.97. The van der Waals surface area contributed by atoms with E-state index in [1.54, 1.807) is 0 Å². The van der Waals surface area contributed by atoms with Crippen molar-refractivity contribution in [3.05, 3.63) is 24.3 Å². The van der Waals surface area contributed by atoms with Crippen molar-refractivity contribution in [3.8, 4) is 0 Å². The molecular weight excluding hydrogens is 302 g/mol. The molecule has 1 aromatic rings. The topological polar surface area (TPSA) is 0 Å². The molecule has 22 heavy (non-hydrogen) atoms. The Bertz CT molecular complexity index is 472. The Morgan fingerprint density at radius 3 is 2.00 bits per heavy atom. The van der Waals surface area contributed by atoms with Gasteiger partial charge in [-0.25, -0.2) is 0 Å². The molecule has 0 amide bonds. The van der Waals surface area contributed by atoms with Crippen molar-refractivity contribution >= 4 is 26.5 Å². The Hall–Kier alpha value is 0.0800. The minimum Gasteiger partial charge on any atom is -0.0715 e. The summed E-state index contributed by atoms with van der Waals surface area (Å²) in [5.74, 6) is 0. The molecule has 2 saturated heterocycles. The Morgan fingerprint density at radius 1 is 0.818 bits per heavy atom. The summed E-state index contributed by atoms with van der Waals surface area (Å²) < 4.78 is 0. The van der Waals surface area contributed by atoms with Crippen molar-refractivity contribution in [2.24, 2.45) is 0 Å². The van der Waals surface area contributed by atoms with Gasteiger partial charge in [-0.2, -0.15) is 0 Å². The van der Waals surface area contributed by atoms with Gasteiger partial charge < -0.3 is 0 Å². The van der Waals surface area contributed by atoms with Crippen molar-refractivity contribution in [1.82, 2.24) is 0 Å². The average molecular weight is 334 g/mol. The minimum absolute atomic E-state index is 0.0880. The van der Waals surface area contributed by atoms with Crippen molar-refractivity contribution in [2.75, 3.05) is 6.16 Å². The number of hydrogen-bond donors (Lipinski definition) is 0. The van der Waals surface area contributed by atoms with Gasteiger partial charge in [0.15, 0.2) is 0 Å². The molecule has 0 bridgehead atoms. The highest BCUT2D eigenvalue weighted by atomic mass is 31.1. The van der Waals surface area contributed by atoms with E-state index in [1.807, 2.05) is 10.6 Å². The summed E-state index contributed by atoms with van der Waals surface area (Å²) in [6.07, 6.45) is 11.6. The molecule has 0 spiro atoms. The molecule has 1 aromatic carbocycles. The molecule has 4 atom stereocenters. The quantitative estimate of drug-likeness (QED) is 0.595. The lowest BCUT2D eigenvalue weighted by Gasteiger charge is -2.30. The fraction of sp³-hybridized carbons (Fsp3) is 0.700. The first-order valence-corrected chi connectivity index (χ1v) is 12.5. The van der Waals surface area contributed by atoms with Gasteiger partial charge in [-0.3, -0.25) is 0 Å². The number of hydrogen-bond acceptors (Lipinski definition) is 0. The smallest absolute Gasteiger partial charge is 0.0158 e. The predicted molar refractivity (Wildman–Crippen MR) is 105 cm³/mol. The van der Waals surface area contributed by atoms with E-state index in [0.717, 1.165) is 17.0 Å². The molecule has 0 nitrogen and oxygen atoms in total. The summed E-state index contributed by atoms with van der Waals surface area (Å²) in [6, 6.07) is 9.70. The molecule has 0 radical (unpaired) electrons. The first-order chi connectivity index (χ1) is 10.8. The molecule has 0 saturated carbocycles. The van der Waals surface area contributed by atoms with Crippen molar-refractivity contribution in [1.29, 1.82) is 0 Å². The van der Waals surface area contributed by atoms with Crippen LogP contribution < -0.4 is 10.6 Å². The third-order valence-corrected chi connectivity index (χ3v) is 13.1. The van der Waals surface area contributed by atoms with Crippen LogP contribution in [-0.2, 0) is 0 Å². The minimum atomic E-state index is 0.0880. The summed E-state index contributed by atoms with van der Waals surface area (Å²) in [6.45, 7) is 7.27. The maximum atomic E-state index is 2.53. The molecule has 4 unspecified atom stereocenters. The second kappa shape index (κ2) is 7.77. The van der Waals surface area contributed by atoms with Gasteiger partial charge in [0.25, 0.3) is 0 Å². The first-order valence-electron chi connectivity index (χ1n) is 9.44. The molecule has 2 heterocycles. The Labute approximate surface area is 140 Å². The van der Waals surface area contributed by atoms with E-state index >= 15 is 0 Å². The third kappa shape index (κ3) is 3.16. The third-order valence-electron chi connectivity index (χ3n) is 5.88. The van der Waals surface area contributed by atoms with Crippen LogP contribution in [0.1, 0.15) is 65.7 Å². The molecule has 122 valence electrons. The zero-order valence-electron chi connectivity index (χ0n) is 14.6. The molecule has 0 N–H and O–H groups in total. The van der Waals surface area contributed by atoms with E-state index in [4.69, 9.17) is 0 Å². The molecule has 2 aliphatic rings. The van der Waals surface area contributed by atoms with Crippen LogP contribution in [0.3, 0.4) is 0 Å².